The Hall–Kier alpha value is -1.42. The predicted octanol–water partition coefficient (Wildman–Crippen LogP) is 1.59. The minimum atomic E-state index is -3.35. The molecule has 0 radical (unpaired) electrons. The van der Waals surface area contributed by atoms with Gasteiger partial charge in [-0.25, -0.2) is 9.97 Å². The number of nitrogens with two attached hydrogens (primary N) is 1. The van der Waals surface area contributed by atoms with Gasteiger partial charge < -0.3 is 10.3 Å². The molecule has 0 aliphatic heterocycles. The zero-order valence-electron chi connectivity index (χ0n) is 9.58. The van der Waals surface area contributed by atoms with Gasteiger partial charge in [0.2, 0.25) is 5.57 Å². The molecule has 0 saturated carbocycles. The lowest BCUT2D eigenvalue weighted by Crippen LogP contribution is -2.23. The average molecular weight is 284 g/mol. The van der Waals surface area contributed by atoms with Crippen LogP contribution in [0.25, 0.3) is 0 Å². The second-order valence-electron chi connectivity index (χ2n) is 3.49. The SMILES string of the molecule is CO[P@@](=O)(c1ccccc1)c1nc(N)cc(Cl)n1. The highest BCUT2D eigenvalue weighted by molar-refractivity contribution is 7.73. The summed E-state index contributed by atoms with van der Waals surface area (Å²) in [6.45, 7) is 0. The number of aromatic nitrogens is 2. The molecule has 1 aromatic carbocycles. The quantitative estimate of drug-likeness (QED) is 0.683. The van der Waals surface area contributed by atoms with Gasteiger partial charge in [-0.3, -0.25) is 4.57 Å². The minimum absolute atomic E-state index is 0.00111. The van der Waals surface area contributed by atoms with Gasteiger partial charge in [0.25, 0.3) is 7.37 Å². The van der Waals surface area contributed by atoms with E-state index in [-0.39, 0.29) is 16.5 Å². The number of benzene rings is 1. The first-order valence-electron chi connectivity index (χ1n) is 5.08. The van der Waals surface area contributed by atoms with E-state index in [1.807, 2.05) is 6.07 Å². The van der Waals surface area contributed by atoms with Gasteiger partial charge in [0.1, 0.15) is 11.0 Å². The summed E-state index contributed by atoms with van der Waals surface area (Å²) in [5.41, 5.74) is 5.58. The van der Waals surface area contributed by atoms with Crippen LogP contribution in [0, 0.1) is 0 Å². The van der Waals surface area contributed by atoms with Crippen molar-refractivity contribution < 1.29 is 9.09 Å². The lowest BCUT2D eigenvalue weighted by Gasteiger charge is -2.15. The summed E-state index contributed by atoms with van der Waals surface area (Å²) >= 11 is 5.79. The van der Waals surface area contributed by atoms with Crippen molar-refractivity contribution >= 4 is 35.7 Å². The molecule has 2 N–H and O–H groups in total. The van der Waals surface area contributed by atoms with Crippen LogP contribution in [0.5, 0.6) is 0 Å². The molecule has 2 rings (SSSR count). The maximum absolute atomic E-state index is 12.8. The Bertz CT molecular complexity index is 586. The molecule has 18 heavy (non-hydrogen) atoms. The zero-order valence-corrected chi connectivity index (χ0v) is 11.2. The summed E-state index contributed by atoms with van der Waals surface area (Å²) in [7, 11) is -2.00. The Kier molecular flexibility index (Phi) is 3.66. The van der Waals surface area contributed by atoms with Crippen LogP contribution in [0.1, 0.15) is 0 Å². The first-order valence-corrected chi connectivity index (χ1v) is 7.08. The Morgan fingerprint density at radius 1 is 1.28 bits per heavy atom. The fourth-order valence-corrected chi connectivity index (χ4v) is 3.39. The van der Waals surface area contributed by atoms with Gasteiger partial charge in [-0.05, 0) is 12.1 Å². The van der Waals surface area contributed by atoms with Crippen LogP contribution in [0.3, 0.4) is 0 Å². The second kappa shape index (κ2) is 5.06. The van der Waals surface area contributed by atoms with Gasteiger partial charge in [0.05, 0.1) is 0 Å². The number of hydrogen-bond donors (Lipinski definition) is 1. The van der Waals surface area contributed by atoms with Gasteiger partial charge in [-0.1, -0.05) is 29.8 Å². The Labute approximate surface area is 109 Å². The molecule has 94 valence electrons. The summed E-state index contributed by atoms with van der Waals surface area (Å²) in [5.74, 6) is 0.151. The Balaban J connectivity index is 2.61. The molecule has 0 amide bonds. The van der Waals surface area contributed by atoms with Crippen LogP contribution in [0.4, 0.5) is 5.82 Å². The largest absolute Gasteiger partial charge is 0.384 e. The molecule has 0 bridgehead atoms. The molecule has 7 heteroatoms. The molecule has 0 spiro atoms. The third kappa shape index (κ3) is 2.38. The van der Waals surface area contributed by atoms with Crippen molar-refractivity contribution in [2.75, 3.05) is 12.8 Å². The first-order chi connectivity index (χ1) is 8.56. The van der Waals surface area contributed by atoms with Crippen molar-refractivity contribution in [1.82, 2.24) is 9.97 Å². The maximum Gasteiger partial charge on any atom is 0.297 e. The van der Waals surface area contributed by atoms with E-state index in [1.54, 1.807) is 24.3 Å². The molecule has 0 saturated heterocycles. The van der Waals surface area contributed by atoms with Crippen molar-refractivity contribution in [2.24, 2.45) is 0 Å². The third-order valence-corrected chi connectivity index (χ3v) is 4.73. The molecule has 1 aromatic heterocycles. The van der Waals surface area contributed by atoms with E-state index in [1.165, 1.54) is 13.2 Å². The molecule has 0 aliphatic rings. The number of rotatable bonds is 3. The molecule has 0 fully saturated rings. The highest BCUT2D eigenvalue weighted by Gasteiger charge is 2.31. The van der Waals surface area contributed by atoms with Gasteiger partial charge >= 0.3 is 0 Å². The van der Waals surface area contributed by atoms with Crippen molar-refractivity contribution in [1.29, 1.82) is 0 Å². The summed E-state index contributed by atoms with van der Waals surface area (Å²) in [4.78, 5) is 7.89. The minimum Gasteiger partial charge on any atom is -0.384 e. The van der Waals surface area contributed by atoms with E-state index in [0.29, 0.717) is 5.30 Å². The number of hydrogen-bond acceptors (Lipinski definition) is 5. The van der Waals surface area contributed by atoms with Crippen LogP contribution in [-0.2, 0) is 9.09 Å². The summed E-state index contributed by atoms with van der Waals surface area (Å²) in [6.07, 6.45) is 0. The van der Waals surface area contributed by atoms with E-state index in [2.05, 4.69) is 9.97 Å². The molecule has 1 heterocycles. The van der Waals surface area contributed by atoms with Crippen molar-refractivity contribution in [3.8, 4) is 0 Å². The van der Waals surface area contributed by atoms with Crippen LogP contribution in [-0.4, -0.2) is 17.1 Å². The molecular formula is C11H11ClN3O2P. The highest BCUT2D eigenvalue weighted by atomic mass is 35.5. The number of nitrogen functional groups attached to an aromatic ring is 1. The Morgan fingerprint density at radius 3 is 2.50 bits per heavy atom. The lowest BCUT2D eigenvalue weighted by atomic mass is 10.4. The van der Waals surface area contributed by atoms with Gasteiger partial charge in [0, 0.05) is 18.5 Å². The molecule has 2 aromatic rings. The second-order valence-corrected chi connectivity index (χ2v) is 6.26. The van der Waals surface area contributed by atoms with Crippen LogP contribution in [0.2, 0.25) is 5.15 Å². The lowest BCUT2D eigenvalue weighted by molar-refractivity contribution is 0.410. The third-order valence-electron chi connectivity index (χ3n) is 2.32. The monoisotopic (exact) mass is 283 g/mol. The van der Waals surface area contributed by atoms with Crippen molar-refractivity contribution in [2.45, 2.75) is 0 Å². The smallest absolute Gasteiger partial charge is 0.297 e. The molecule has 5 nitrogen and oxygen atoms in total. The predicted molar refractivity (Wildman–Crippen MR) is 71.8 cm³/mol. The highest BCUT2D eigenvalue weighted by Crippen LogP contribution is 2.42. The molecule has 0 aliphatic carbocycles. The topological polar surface area (TPSA) is 78.1 Å². The van der Waals surface area contributed by atoms with Gasteiger partial charge in [-0.2, -0.15) is 0 Å². The van der Waals surface area contributed by atoms with E-state index >= 15 is 0 Å². The average Bonchev–Trinajstić information content (AvgIpc) is 2.37. The van der Waals surface area contributed by atoms with E-state index in [4.69, 9.17) is 21.9 Å². The van der Waals surface area contributed by atoms with Crippen LogP contribution < -0.4 is 16.6 Å². The summed E-state index contributed by atoms with van der Waals surface area (Å²) < 4.78 is 18.0. The van der Waals surface area contributed by atoms with Gasteiger partial charge in [-0.15, -0.1) is 0 Å². The van der Waals surface area contributed by atoms with Crippen LogP contribution >= 0.6 is 19.0 Å². The zero-order chi connectivity index (χ0) is 13.2. The fourth-order valence-electron chi connectivity index (χ4n) is 1.48. The Morgan fingerprint density at radius 2 is 1.94 bits per heavy atom. The van der Waals surface area contributed by atoms with Gasteiger partial charge in [0.15, 0.2) is 0 Å². The van der Waals surface area contributed by atoms with E-state index in [9.17, 15) is 4.57 Å². The van der Waals surface area contributed by atoms with Crippen molar-refractivity contribution in [3.05, 3.63) is 41.6 Å². The van der Waals surface area contributed by atoms with Crippen LogP contribution in [0.15, 0.2) is 36.4 Å². The molecular weight excluding hydrogens is 273 g/mol. The van der Waals surface area contributed by atoms with E-state index < -0.39 is 7.37 Å². The number of halogens is 1. The number of anilines is 1. The fraction of sp³-hybridized carbons (Fsp3) is 0.0909. The summed E-state index contributed by atoms with van der Waals surface area (Å²) in [6, 6.07) is 10.1. The van der Waals surface area contributed by atoms with Crippen molar-refractivity contribution in [3.63, 3.8) is 0 Å². The normalized spacial score (nSPS) is 14.1. The molecule has 0 unspecified atom stereocenters. The van der Waals surface area contributed by atoms with E-state index in [0.717, 1.165) is 0 Å². The first kappa shape index (κ1) is 13.0. The molecule has 1 atom stereocenters. The summed E-state index contributed by atoms with van der Waals surface area (Å²) in [5, 5.41) is 0.625. The number of nitrogens with zero attached hydrogens (tertiary/aromatic N) is 2. The maximum atomic E-state index is 12.8. The standard InChI is InChI=1S/C11H11ClN3O2P/c1-17-18(16,8-5-3-2-4-6-8)11-14-9(12)7-10(13)15-11/h2-7H,1H3,(H2,13,14,15)/t18-/m0/s1.